The van der Waals surface area contributed by atoms with Gasteiger partial charge in [0.15, 0.2) is 0 Å². The number of benzene rings is 2. The summed E-state index contributed by atoms with van der Waals surface area (Å²) in [6.07, 6.45) is 0.207. The van der Waals surface area contributed by atoms with Gasteiger partial charge in [0.05, 0.1) is 0 Å². The van der Waals surface area contributed by atoms with E-state index in [2.05, 4.69) is 5.32 Å². The molecule has 0 saturated heterocycles. The third kappa shape index (κ3) is 4.83. The van der Waals surface area contributed by atoms with Crippen molar-refractivity contribution in [1.29, 1.82) is 0 Å². The summed E-state index contributed by atoms with van der Waals surface area (Å²) in [7, 11) is 0. The van der Waals surface area contributed by atoms with E-state index in [1.807, 2.05) is 45.0 Å². The second-order valence-corrected chi connectivity index (χ2v) is 6.56. The molecular formula is C20H23ClN2O2. The van der Waals surface area contributed by atoms with Crippen molar-refractivity contribution in [3.8, 4) is 0 Å². The van der Waals surface area contributed by atoms with Crippen LogP contribution in [0.4, 0.5) is 11.4 Å². The lowest BCUT2D eigenvalue weighted by Crippen LogP contribution is -2.32. The van der Waals surface area contributed by atoms with Crippen molar-refractivity contribution in [2.75, 3.05) is 16.8 Å². The number of anilines is 2. The number of carbonyl (C=O) groups excluding carboxylic acids is 2. The number of hydrogen-bond donors (Lipinski definition) is 1. The molecule has 2 aromatic rings. The SMILES string of the molecule is CC(=O)N(CCC(=O)Nc1cccc(Cl)c1C)c1ccc(C)c(C)c1. The molecule has 0 aliphatic heterocycles. The summed E-state index contributed by atoms with van der Waals surface area (Å²) in [5.74, 6) is -0.240. The van der Waals surface area contributed by atoms with Crippen molar-refractivity contribution in [1.82, 2.24) is 0 Å². The van der Waals surface area contributed by atoms with Gasteiger partial charge in [-0.3, -0.25) is 9.59 Å². The van der Waals surface area contributed by atoms with Gasteiger partial charge < -0.3 is 10.2 Å². The van der Waals surface area contributed by atoms with Crippen molar-refractivity contribution < 1.29 is 9.59 Å². The number of rotatable bonds is 5. The first-order chi connectivity index (χ1) is 11.8. The number of halogens is 1. The van der Waals surface area contributed by atoms with Crippen LogP contribution in [0.2, 0.25) is 5.02 Å². The summed E-state index contributed by atoms with van der Waals surface area (Å²) >= 11 is 6.07. The van der Waals surface area contributed by atoms with Gasteiger partial charge in [-0.1, -0.05) is 23.7 Å². The van der Waals surface area contributed by atoms with Crippen LogP contribution in [0, 0.1) is 20.8 Å². The third-order valence-corrected chi connectivity index (χ3v) is 4.70. The Morgan fingerprint density at radius 2 is 1.80 bits per heavy atom. The van der Waals surface area contributed by atoms with E-state index >= 15 is 0 Å². The summed E-state index contributed by atoms with van der Waals surface area (Å²) in [6.45, 7) is 7.72. The molecule has 5 heteroatoms. The molecule has 1 N–H and O–H groups in total. The minimum atomic E-state index is -0.152. The molecular weight excluding hydrogens is 336 g/mol. The Balaban J connectivity index is 2.05. The minimum Gasteiger partial charge on any atom is -0.326 e. The normalized spacial score (nSPS) is 10.4. The number of amides is 2. The zero-order valence-corrected chi connectivity index (χ0v) is 15.8. The van der Waals surface area contributed by atoms with Crippen molar-refractivity contribution in [3.05, 3.63) is 58.1 Å². The molecule has 2 amide bonds. The lowest BCUT2D eigenvalue weighted by atomic mass is 10.1. The Kier molecular flexibility index (Phi) is 6.21. The predicted molar refractivity (Wildman–Crippen MR) is 103 cm³/mol. The molecule has 0 aromatic heterocycles. The number of nitrogens with zero attached hydrogens (tertiary/aromatic N) is 1. The predicted octanol–water partition coefficient (Wildman–Crippen LogP) is 4.65. The molecule has 25 heavy (non-hydrogen) atoms. The first-order valence-corrected chi connectivity index (χ1v) is 8.57. The largest absolute Gasteiger partial charge is 0.326 e. The molecule has 0 aliphatic rings. The Morgan fingerprint density at radius 1 is 1.08 bits per heavy atom. The van der Waals surface area contributed by atoms with Crippen LogP contribution in [0.5, 0.6) is 0 Å². The van der Waals surface area contributed by atoms with E-state index in [4.69, 9.17) is 11.6 Å². The quantitative estimate of drug-likeness (QED) is 0.845. The number of nitrogens with one attached hydrogen (secondary N) is 1. The van der Waals surface area contributed by atoms with Crippen LogP contribution in [0.25, 0.3) is 0 Å². The second-order valence-electron chi connectivity index (χ2n) is 6.15. The topological polar surface area (TPSA) is 49.4 Å². The first kappa shape index (κ1) is 19.0. The zero-order chi connectivity index (χ0) is 18.6. The van der Waals surface area contributed by atoms with E-state index in [1.165, 1.54) is 12.5 Å². The van der Waals surface area contributed by atoms with Crippen molar-refractivity contribution in [3.63, 3.8) is 0 Å². The van der Waals surface area contributed by atoms with E-state index < -0.39 is 0 Å². The van der Waals surface area contributed by atoms with Crippen LogP contribution in [-0.4, -0.2) is 18.4 Å². The Labute approximate surface area is 153 Å². The lowest BCUT2D eigenvalue weighted by molar-refractivity contribution is -0.117. The molecule has 0 heterocycles. The van der Waals surface area contributed by atoms with Gasteiger partial charge in [0.2, 0.25) is 11.8 Å². The van der Waals surface area contributed by atoms with Crippen molar-refractivity contribution in [2.45, 2.75) is 34.1 Å². The van der Waals surface area contributed by atoms with E-state index in [0.29, 0.717) is 17.3 Å². The summed E-state index contributed by atoms with van der Waals surface area (Å²) < 4.78 is 0. The van der Waals surface area contributed by atoms with Crippen molar-refractivity contribution >= 4 is 34.8 Å². The third-order valence-electron chi connectivity index (χ3n) is 4.29. The standard InChI is InChI=1S/C20H23ClN2O2/c1-13-8-9-17(12-14(13)2)23(16(4)24)11-10-20(25)22-19-7-5-6-18(21)15(19)3/h5-9,12H,10-11H2,1-4H3,(H,22,25). The van der Waals surface area contributed by atoms with Crippen LogP contribution in [-0.2, 0) is 9.59 Å². The minimum absolute atomic E-state index is 0.0880. The highest BCUT2D eigenvalue weighted by Crippen LogP contribution is 2.23. The Hall–Kier alpha value is -2.33. The fraction of sp³-hybridized carbons (Fsp3) is 0.300. The van der Waals surface area contributed by atoms with Gasteiger partial charge in [0.1, 0.15) is 0 Å². The fourth-order valence-corrected chi connectivity index (χ4v) is 2.71. The van der Waals surface area contributed by atoms with Gasteiger partial charge >= 0.3 is 0 Å². The maximum atomic E-state index is 12.3. The van der Waals surface area contributed by atoms with Crippen LogP contribution in [0.15, 0.2) is 36.4 Å². The van der Waals surface area contributed by atoms with Crippen LogP contribution < -0.4 is 10.2 Å². The molecule has 0 atom stereocenters. The molecule has 0 fully saturated rings. The average Bonchev–Trinajstić information content (AvgIpc) is 2.55. The molecule has 132 valence electrons. The van der Waals surface area contributed by atoms with Gasteiger partial charge in [0.25, 0.3) is 0 Å². The molecule has 0 bridgehead atoms. The van der Waals surface area contributed by atoms with E-state index in [1.54, 1.807) is 17.0 Å². The van der Waals surface area contributed by atoms with Crippen molar-refractivity contribution in [2.24, 2.45) is 0 Å². The van der Waals surface area contributed by atoms with Crippen LogP contribution in [0.3, 0.4) is 0 Å². The zero-order valence-electron chi connectivity index (χ0n) is 15.0. The second kappa shape index (κ2) is 8.17. The lowest BCUT2D eigenvalue weighted by Gasteiger charge is -2.22. The summed E-state index contributed by atoms with van der Waals surface area (Å²) in [6, 6.07) is 11.2. The maximum absolute atomic E-state index is 12.3. The Bertz CT molecular complexity index is 802. The highest BCUT2D eigenvalue weighted by Gasteiger charge is 2.15. The maximum Gasteiger partial charge on any atom is 0.226 e. The van der Waals surface area contributed by atoms with Crippen LogP contribution >= 0.6 is 11.6 Å². The average molecular weight is 359 g/mol. The van der Waals surface area contributed by atoms with E-state index in [-0.39, 0.29) is 18.2 Å². The van der Waals surface area contributed by atoms with Gasteiger partial charge in [-0.05, 0) is 61.7 Å². The molecule has 0 radical (unpaired) electrons. The first-order valence-electron chi connectivity index (χ1n) is 8.20. The Morgan fingerprint density at radius 3 is 2.44 bits per heavy atom. The summed E-state index contributed by atoms with van der Waals surface area (Å²) in [4.78, 5) is 25.9. The fourth-order valence-electron chi connectivity index (χ4n) is 2.53. The molecule has 2 aromatic carbocycles. The molecule has 0 spiro atoms. The highest BCUT2D eigenvalue weighted by molar-refractivity contribution is 6.31. The van der Waals surface area contributed by atoms with Gasteiger partial charge in [0, 0.05) is 36.3 Å². The van der Waals surface area contributed by atoms with Crippen LogP contribution in [0.1, 0.15) is 30.0 Å². The van der Waals surface area contributed by atoms with E-state index in [0.717, 1.165) is 16.8 Å². The molecule has 0 saturated carbocycles. The molecule has 4 nitrogen and oxygen atoms in total. The number of aryl methyl sites for hydroxylation is 2. The van der Waals surface area contributed by atoms with E-state index in [9.17, 15) is 9.59 Å². The summed E-state index contributed by atoms with van der Waals surface area (Å²) in [5, 5.41) is 3.47. The van der Waals surface area contributed by atoms with Gasteiger partial charge in [-0.2, -0.15) is 0 Å². The molecule has 0 unspecified atom stereocenters. The number of carbonyl (C=O) groups is 2. The number of hydrogen-bond acceptors (Lipinski definition) is 2. The smallest absolute Gasteiger partial charge is 0.226 e. The van der Waals surface area contributed by atoms with Gasteiger partial charge in [-0.15, -0.1) is 0 Å². The molecule has 2 rings (SSSR count). The molecule has 0 aliphatic carbocycles. The van der Waals surface area contributed by atoms with Gasteiger partial charge in [-0.25, -0.2) is 0 Å². The summed E-state index contributed by atoms with van der Waals surface area (Å²) in [5.41, 5.74) is 4.61. The monoisotopic (exact) mass is 358 g/mol. The highest BCUT2D eigenvalue weighted by atomic mass is 35.5.